The predicted octanol–water partition coefficient (Wildman–Crippen LogP) is 7.66. The van der Waals surface area contributed by atoms with Gasteiger partial charge in [-0.25, -0.2) is 9.78 Å². The van der Waals surface area contributed by atoms with Gasteiger partial charge in [0.1, 0.15) is 17.3 Å². The SMILES string of the molecule is COc1cc(OC)c(Br)c(-n2c(C(C)N(CCc3ccccc3)C(=O)Nc3ccc(Cl)cc3)nc3ccccc3c2=O)c1. The largest absolute Gasteiger partial charge is 0.497 e. The first-order chi connectivity index (χ1) is 20.8. The van der Waals surface area contributed by atoms with E-state index in [9.17, 15) is 9.59 Å². The van der Waals surface area contributed by atoms with Crippen LogP contribution in [0.3, 0.4) is 0 Å². The van der Waals surface area contributed by atoms with Crippen LogP contribution in [-0.2, 0) is 6.42 Å². The van der Waals surface area contributed by atoms with Crippen molar-refractivity contribution in [3.8, 4) is 17.2 Å². The van der Waals surface area contributed by atoms with Crippen molar-refractivity contribution in [3.05, 3.63) is 122 Å². The van der Waals surface area contributed by atoms with E-state index < -0.39 is 6.04 Å². The number of rotatable bonds is 9. The minimum absolute atomic E-state index is 0.287. The highest BCUT2D eigenvalue weighted by molar-refractivity contribution is 9.10. The number of nitrogens with one attached hydrogen (secondary N) is 1. The second-order valence-corrected chi connectivity index (χ2v) is 11.1. The van der Waals surface area contributed by atoms with Gasteiger partial charge >= 0.3 is 6.03 Å². The van der Waals surface area contributed by atoms with Crippen molar-refractivity contribution in [3.63, 3.8) is 0 Å². The molecule has 0 aliphatic carbocycles. The van der Waals surface area contributed by atoms with Crippen LogP contribution in [-0.4, -0.2) is 41.2 Å². The molecule has 0 aliphatic heterocycles. The minimum atomic E-state index is -0.641. The summed E-state index contributed by atoms with van der Waals surface area (Å²) in [4.78, 5) is 34.7. The van der Waals surface area contributed by atoms with E-state index in [1.54, 1.807) is 73.7 Å². The van der Waals surface area contributed by atoms with E-state index in [0.29, 0.717) is 62.1 Å². The van der Waals surface area contributed by atoms with Crippen LogP contribution in [0.1, 0.15) is 24.4 Å². The molecule has 1 heterocycles. The number of halogens is 2. The number of benzene rings is 4. The van der Waals surface area contributed by atoms with E-state index >= 15 is 0 Å². The fraction of sp³-hybridized carbons (Fsp3) is 0.182. The molecule has 1 aromatic heterocycles. The Hall–Kier alpha value is -4.34. The number of anilines is 1. The molecular weight excluding hydrogens is 632 g/mol. The van der Waals surface area contributed by atoms with Crippen LogP contribution in [0.4, 0.5) is 10.5 Å². The minimum Gasteiger partial charge on any atom is -0.497 e. The first-order valence-electron chi connectivity index (χ1n) is 13.6. The molecule has 1 unspecified atom stereocenters. The second kappa shape index (κ2) is 13.3. The Morgan fingerprint density at radius 2 is 1.70 bits per heavy atom. The maximum absolute atomic E-state index is 14.2. The van der Waals surface area contributed by atoms with E-state index in [2.05, 4.69) is 21.2 Å². The molecule has 0 bridgehead atoms. The number of nitrogens with zero attached hydrogens (tertiary/aromatic N) is 3. The number of aromatic nitrogens is 2. The highest BCUT2D eigenvalue weighted by Crippen LogP contribution is 2.37. The number of amides is 2. The Labute approximate surface area is 263 Å². The smallest absolute Gasteiger partial charge is 0.322 e. The van der Waals surface area contributed by atoms with Crippen molar-refractivity contribution in [1.82, 2.24) is 14.5 Å². The molecule has 1 N–H and O–H groups in total. The molecule has 220 valence electrons. The summed E-state index contributed by atoms with van der Waals surface area (Å²) in [6.45, 7) is 2.22. The topological polar surface area (TPSA) is 85.7 Å². The molecule has 5 aromatic rings. The van der Waals surface area contributed by atoms with E-state index in [0.717, 1.165) is 5.56 Å². The van der Waals surface area contributed by atoms with Gasteiger partial charge in [-0.15, -0.1) is 0 Å². The van der Waals surface area contributed by atoms with Crippen molar-refractivity contribution in [2.24, 2.45) is 0 Å². The quantitative estimate of drug-likeness (QED) is 0.175. The first kappa shape index (κ1) is 30.1. The highest BCUT2D eigenvalue weighted by Gasteiger charge is 2.28. The van der Waals surface area contributed by atoms with Crippen molar-refractivity contribution in [2.75, 3.05) is 26.1 Å². The van der Waals surface area contributed by atoms with Gasteiger partial charge in [-0.1, -0.05) is 54.1 Å². The summed E-state index contributed by atoms with van der Waals surface area (Å²) in [6.07, 6.45) is 0.591. The van der Waals surface area contributed by atoms with Crippen molar-refractivity contribution in [2.45, 2.75) is 19.4 Å². The van der Waals surface area contributed by atoms with Gasteiger partial charge in [0.25, 0.3) is 5.56 Å². The molecule has 10 heteroatoms. The van der Waals surface area contributed by atoms with Crippen LogP contribution < -0.4 is 20.3 Å². The number of carbonyl (C=O) groups excluding carboxylic acids is 1. The summed E-state index contributed by atoms with van der Waals surface area (Å²) in [5.41, 5.74) is 2.38. The monoisotopic (exact) mass is 660 g/mol. The lowest BCUT2D eigenvalue weighted by Crippen LogP contribution is -2.41. The Morgan fingerprint density at radius 1 is 1.00 bits per heavy atom. The first-order valence-corrected chi connectivity index (χ1v) is 14.8. The summed E-state index contributed by atoms with van der Waals surface area (Å²) in [6, 6.07) is 26.5. The Kier molecular flexibility index (Phi) is 9.33. The summed E-state index contributed by atoms with van der Waals surface area (Å²) in [5, 5.41) is 3.98. The Balaban J connectivity index is 1.67. The second-order valence-electron chi connectivity index (χ2n) is 9.83. The lowest BCUT2D eigenvalue weighted by Gasteiger charge is -2.31. The van der Waals surface area contributed by atoms with Gasteiger partial charge in [0, 0.05) is 29.4 Å². The van der Waals surface area contributed by atoms with Gasteiger partial charge in [0.2, 0.25) is 0 Å². The zero-order valence-electron chi connectivity index (χ0n) is 23.9. The van der Waals surface area contributed by atoms with Gasteiger partial charge < -0.3 is 19.7 Å². The highest BCUT2D eigenvalue weighted by atomic mass is 79.9. The summed E-state index contributed by atoms with van der Waals surface area (Å²) in [5.74, 6) is 1.35. The molecular formula is C33H30BrClN4O4. The van der Waals surface area contributed by atoms with Crippen LogP contribution >= 0.6 is 27.5 Å². The molecule has 1 atom stereocenters. The molecule has 0 spiro atoms. The summed E-state index contributed by atoms with van der Waals surface area (Å²) < 4.78 is 13.2. The number of hydrogen-bond acceptors (Lipinski definition) is 5. The van der Waals surface area contributed by atoms with Crippen LogP contribution in [0.2, 0.25) is 5.02 Å². The van der Waals surface area contributed by atoms with Crippen molar-refractivity contribution in [1.29, 1.82) is 0 Å². The van der Waals surface area contributed by atoms with Crippen LogP contribution in [0, 0.1) is 0 Å². The van der Waals surface area contributed by atoms with Gasteiger partial charge in [-0.3, -0.25) is 9.36 Å². The van der Waals surface area contributed by atoms with Crippen molar-refractivity contribution >= 4 is 50.2 Å². The zero-order chi connectivity index (χ0) is 30.5. The third-order valence-electron chi connectivity index (χ3n) is 7.17. The average Bonchev–Trinajstić information content (AvgIpc) is 3.03. The lowest BCUT2D eigenvalue weighted by molar-refractivity contribution is 0.190. The lowest BCUT2D eigenvalue weighted by atomic mass is 10.1. The maximum Gasteiger partial charge on any atom is 0.322 e. The number of ether oxygens (including phenoxy) is 2. The molecule has 0 radical (unpaired) electrons. The molecule has 2 amide bonds. The summed E-state index contributed by atoms with van der Waals surface area (Å²) >= 11 is 9.70. The average molecular weight is 662 g/mol. The molecule has 8 nitrogen and oxygen atoms in total. The number of para-hydroxylation sites is 1. The molecule has 0 saturated heterocycles. The van der Waals surface area contributed by atoms with Gasteiger partial charge in [-0.2, -0.15) is 0 Å². The van der Waals surface area contributed by atoms with E-state index in [1.807, 2.05) is 43.3 Å². The van der Waals surface area contributed by atoms with E-state index in [4.69, 9.17) is 26.1 Å². The number of fused-ring (bicyclic) bond motifs is 1. The number of carbonyl (C=O) groups is 1. The molecule has 5 rings (SSSR count). The normalized spacial score (nSPS) is 11.7. The fourth-order valence-corrected chi connectivity index (χ4v) is 5.58. The van der Waals surface area contributed by atoms with Crippen LogP contribution in [0.15, 0.2) is 100 Å². The number of urea groups is 1. The number of methoxy groups -OCH3 is 2. The van der Waals surface area contributed by atoms with Crippen LogP contribution in [0.5, 0.6) is 11.5 Å². The van der Waals surface area contributed by atoms with Gasteiger partial charge in [-0.05, 0) is 71.2 Å². The predicted molar refractivity (Wildman–Crippen MR) is 174 cm³/mol. The van der Waals surface area contributed by atoms with E-state index in [-0.39, 0.29) is 11.6 Å². The van der Waals surface area contributed by atoms with Gasteiger partial charge in [0.15, 0.2) is 0 Å². The molecule has 0 saturated carbocycles. The standard InChI is InChI=1S/C33H30BrClN4O4/c1-21(38(18-17-22-9-5-4-6-10-22)33(41)36-24-15-13-23(35)14-16-24)31-37-27-12-8-7-11-26(27)32(40)39(31)28-19-25(42-2)20-29(43-3)30(28)34/h4-16,19-21H,17-18H2,1-3H3,(H,36,41). The van der Waals surface area contributed by atoms with Crippen molar-refractivity contribution < 1.29 is 14.3 Å². The third kappa shape index (κ3) is 6.53. The summed E-state index contributed by atoms with van der Waals surface area (Å²) in [7, 11) is 3.09. The van der Waals surface area contributed by atoms with Gasteiger partial charge in [0.05, 0.1) is 41.3 Å². The molecule has 0 fully saturated rings. The molecule has 4 aromatic carbocycles. The Morgan fingerprint density at radius 3 is 2.40 bits per heavy atom. The fourth-order valence-electron chi connectivity index (χ4n) is 4.88. The Bertz CT molecular complexity index is 1810. The molecule has 0 aliphatic rings. The number of hydrogen-bond donors (Lipinski definition) is 1. The zero-order valence-corrected chi connectivity index (χ0v) is 26.2. The maximum atomic E-state index is 14.2. The van der Waals surface area contributed by atoms with Crippen LogP contribution in [0.25, 0.3) is 16.6 Å². The van der Waals surface area contributed by atoms with E-state index in [1.165, 1.54) is 4.57 Å². The molecule has 43 heavy (non-hydrogen) atoms. The third-order valence-corrected chi connectivity index (χ3v) is 8.22.